The molecule has 192 valence electrons. The zero-order chi connectivity index (χ0) is 25.9. The highest BCUT2D eigenvalue weighted by molar-refractivity contribution is 7.89. The molecular formula is C27H31FN2O4S2. The maximum absolute atomic E-state index is 14.2. The molecule has 0 aliphatic carbocycles. The summed E-state index contributed by atoms with van der Waals surface area (Å²) in [5.41, 5.74) is 1.92. The average Bonchev–Trinajstić information content (AvgIpc) is 3.35. The molecule has 4 rings (SSSR count). The van der Waals surface area contributed by atoms with Crippen molar-refractivity contribution >= 4 is 27.3 Å². The lowest BCUT2D eigenvalue weighted by molar-refractivity contribution is -0.135. The Morgan fingerprint density at radius 3 is 2.61 bits per heavy atom. The summed E-state index contributed by atoms with van der Waals surface area (Å²) >= 11 is 1.62. The van der Waals surface area contributed by atoms with Crippen LogP contribution in [0.15, 0.2) is 64.9 Å². The Bertz CT molecular complexity index is 1310. The van der Waals surface area contributed by atoms with Gasteiger partial charge in [-0.05, 0) is 68.0 Å². The van der Waals surface area contributed by atoms with E-state index in [1.54, 1.807) is 58.7 Å². The molecule has 2 unspecified atom stereocenters. The number of thiophene rings is 1. The largest absolute Gasteiger partial charge is 0.488 e. The SMILES string of the molecule is CCC(C)N(CC(=O)N1CCc2sccc2C1COc1ccccc1F)S(=O)(=O)c1ccc(C)cc1. The van der Waals surface area contributed by atoms with E-state index in [-0.39, 0.29) is 35.7 Å². The first kappa shape index (κ1) is 26.3. The van der Waals surface area contributed by atoms with E-state index >= 15 is 0 Å². The van der Waals surface area contributed by atoms with Crippen molar-refractivity contribution in [3.8, 4) is 5.75 Å². The van der Waals surface area contributed by atoms with Gasteiger partial charge in [0, 0.05) is 17.5 Å². The van der Waals surface area contributed by atoms with E-state index in [9.17, 15) is 17.6 Å². The van der Waals surface area contributed by atoms with E-state index < -0.39 is 21.9 Å². The number of amides is 1. The second kappa shape index (κ2) is 11.1. The van der Waals surface area contributed by atoms with Crippen LogP contribution < -0.4 is 4.74 Å². The maximum atomic E-state index is 14.2. The second-order valence-electron chi connectivity index (χ2n) is 9.01. The van der Waals surface area contributed by atoms with Crippen LogP contribution in [0.3, 0.4) is 0 Å². The quantitative estimate of drug-likeness (QED) is 0.382. The zero-order valence-electron chi connectivity index (χ0n) is 20.7. The molecule has 2 aromatic carbocycles. The first-order valence-electron chi connectivity index (χ1n) is 12.0. The van der Waals surface area contributed by atoms with Crippen molar-refractivity contribution in [1.29, 1.82) is 0 Å². The Kier molecular flexibility index (Phi) is 8.12. The fraction of sp³-hybridized carbons (Fsp3) is 0.370. The zero-order valence-corrected chi connectivity index (χ0v) is 22.3. The summed E-state index contributed by atoms with van der Waals surface area (Å²) in [5, 5.41) is 1.97. The van der Waals surface area contributed by atoms with Gasteiger partial charge < -0.3 is 9.64 Å². The Morgan fingerprint density at radius 2 is 1.92 bits per heavy atom. The molecule has 0 radical (unpaired) electrons. The van der Waals surface area contributed by atoms with Gasteiger partial charge in [0.25, 0.3) is 0 Å². The van der Waals surface area contributed by atoms with E-state index in [0.29, 0.717) is 19.4 Å². The highest BCUT2D eigenvalue weighted by Gasteiger charge is 2.36. The third-order valence-corrected chi connectivity index (χ3v) is 9.62. The number of nitrogens with zero attached hydrogens (tertiary/aromatic N) is 2. The van der Waals surface area contributed by atoms with Crippen LogP contribution in [0, 0.1) is 12.7 Å². The number of carbonyl (C=O) groups excluding carboxylic acids is 1. The second-order valence-corrected chi connectivity index (χ2v) is 11.9. The van der Waals surface area contributed by atoms with Crippen LogP contribution in [0.1, 0.15) is 42.3 Å². The van der Waals surface area contributed by atoms with Gasteiger partial charge in [-0.1, -0.05) is 36.8 Å². The number of rotatable bonds is 9. The molecule has 0 spiro atoms. The molecule has 0 saturated carbocycles. The molecular weight excluding hydrogens is 499 g/mol. The normalized spacial score (nSPS) is 16.6. The van der Waals surface area contributed by atoms with E-state index in [2.05, 4.69) is 0 Å². The Labute approximate surface area is 216 Å². The minimum absolute atomic E-state index is 0.0739. The summed E-state index contributed by atoms with van der Waals surface area (Å²) in [4.78, 5) is 16.7. The van der Waals surface area contributed by atoms with E-state index in [1.165, 1.54) is 10.4 Å². The first-order chi connectivity index (χ1) is 17.2. The number of halogens is 1. The molecule has 1 aliphatic heterocycles. The van der Waals surface area contributed by atoms with Crippen LogP contribution in [-0.2, 0) is 21.2 Å². The van der Waals surface area contributed by atoms with Gasteiger partial charge in [-0.3, -0.25) is 4.79 Å². The lowest BCUT2D eigenvalue weighted by Gasteiger charge is -2.37. The summed E-state index contributed by atoms with van der Waals surface area (Å²) in [6, 6.07) is 14.0. The summed E-state index contributed by atoms with van der Waals surface area (Å²) < 4.78 is 48.4. The van der Waals surface area contributed by atoms with Crippen LogP contribution in [0.5, 0.6) is 5.75 Å². The molecule has 36 heavy (non-hydrogen) atoms. The van der Waals surface area contributed by atoms with Crippen molar-refractivity contribution in [2.45, 2.75) is 50.6 Å². The Hall–Kier alpha value is -2.75. The van der Waals surface area contributed by atoms with Gasteiger partial charge in [-0.15, -0.1) is 11.3 Å². The van der Waals surface area contributed by atoms with Gasteiger partial charge in [0.05, 0.1) is 17.5 Å². The minimum atomic E-state index is -3.88. The molecule has 0 N–H and O–H groups in total. The highest BCUT2D eigenvalue weighted by Crippen LogP contribution is 2.34. The Morgan fingerprint density at radius 1 is 1.19 bits per heavy atom. The number of ether oxygens (including phenoxy) is 1. The molecule has 2 heterocycles. The van der Waals surface area contributed by atoms with Crippen LogP contribution >= 0.6 is 11.3 Å². The number of sulfonamides is 1. The number of benzene rings is 2. The van der Waals surface area contributed by atoms with E-state index in [4.69, 9.17) is 4.74 Å². The molecule has 6 nitrogen and oxygen atoms in total. The number of aryl methyl sites for hydroxylation is 1. The smallest absolute Gasteiger partial charge is 0.243 e. The topological polar surface area (TPSA) is 66.9 Å². The third-order valence-electron chi connectivity index (χ3n) is 6.65. The van der Waals surface area contributed by atoms with Crippen molar-refractivity contribution in [2.24, 2.45) is 0 Å². The fourth-order valence-electron chi connectivity index (χ4n) is 4.36. The van der Waals surface area contributed by atoms with Crippen molar-refractivity contribution in [3.63, 3.8) is 0 Å². The average molecular weight is 531 g/mol. The lowest BCUT2D eigenvalue weighted by atomic mass is 10.0. The van der Waals surface area contributed by atoms with Crippen LogP contribution in [0.4, 0.5) is 4.39 Å². The first-order valence-corrected chi connectivity index (χ1v) is 14.4. The maximum Gasteiger partial charge on any atom is 0.243 e. The summed E-state index contributed by atoms with van der Waals surface area (Å²) in [5.74, 6) is -0.649. The molecule has 0 fully saturated rings. The standard InChI is InChI=1S/C27H31FN2O4S2/c1-4-20(3)30(36(32,33)21-11-9-19(2)10-12-21)17-27(31)29-15-13-26-22(14-16-35-26)24(29)18-34-25-8-6-5-7-23(25)28/h5-12,14,16,20,24H,4,13,15,17-18H2,1-3H3. The summed E-state index contributed by atoms with van der Waals surface area (Å²) in [6.45, 7) is 5.84. The summed E-state index contributed by atoms with van der Waals surface area (Å²) in [6.07, 6.45) is 1.25. The van der Waals surface area contributed by atoms with Crippen molar-refractivity contribution in [1.82, 2.24) is 9.21 Å². The number of hydrogen-bond acceptors (Lipinski definition) is 5. The van der Waals surface area contributed by atoms with E-state index in [1.807, 2.05) is 32.2 Å². The van der Waals surface area contributed by atoms with Gasteiger partial charge in [-0.25, -0.2) is 12.8 Å². The monoisotopic (exact) mass is 530 g/mol. The molecule has 1 aliphatic rings. The molecule has 2 atom stereocenters. The Balaban J connectivity index is 1.59. The van der Waals surface area contributed by atoms with Crippen LogP contribution in [0.25, 0.3) is 0 Å². The molecule has 1 amide bonds. The van der Waals surface area contributed by atoms with Gasteiger partial charge in [-0.2, -0.15) is 4.31 Å². The predicted octanol–water partition coefficient (Wildman–Crippen LogP) is 5.19. The molecule has 1 aromatic heterocycles. The van der Waals surface area contributed by atoms with Gasteiger partial charge in [0.2, 0.25) is 15.9 Å². The lowest BCUT2D eigenvalue weighted by Crippen LogP contribution is -2.49. The molecule has 0 bridgehead atoms. The molecule has 9 heteroatoms. The van der Waals surface area contributed by atoms with Crippen molar-refractivity contribution in [3.05, 3.63) is 81.8 Å². The predicted molar refractivity (Wildman–Crippen MR) is 139 cm³/mol. The highest BCUT2D eigenvalue weighted by atomic mass is 32.2. The molecule has 3 aromatic rings. The van der Waals surface area contributed by atoms with E-state index in [0.717, 1.165) is 16.0 Å². The number of para-hydroxylation sites is 1. The van der Waals surface area contributed by atoms with Crippen LogP contribution in [0.2, 0.25) is 0 Å². The minimum Gasteiger partial charge on any atom is -0.488 e. The van der Waals surface area contributed by atoms with Crippen molar-refractivity contribution < 1.29 is 22.3 Å². The number of fused-ring (bicyclic) bond motifs is 1. The van der Waals surface area contributed by atoms with Crippen LogP contribution in [-0.4, -0.2) is 49.3 Å². The van der Waals surface area contributed by atoms with Gasteiger partial charge in [0.1, 0.15) is 6.61 Å². The number of hydrogen-bond donors (Lipinski definition) is 0. The van der Waals surface area contributed by atoms with Gasteiger partial charge >= 0.3 is 0 Å². The van der Waals surface area contributed by atoms with Gasteiger partial charge in [0.15, 0.2) is 11.6 Å². The third kappa shape index (κ3) is 5.48. The fourth-order valence-corrected chi connectivity index (χ4v) is 6.94. The molecule has 0 saturated heterocycles. The summed E-state index contributed by atoms with van der Waals surface area (Å²) in [7, 11) is -3.88. The number of carbonyl (C=O) groups is 1. The van der Waals surface area contributed by atoms with Crippen molar-refractivity contribution in [2.75, 3.05) is 19.7 Å².